The normalized spacial score (nSPS) is 16.5. The largest absolute Gasteiger partial charge is 0.491 e. The van der Waals surface area contributed by atoms with Crippen LogP contribution in [0.15, 0.2) is 24.3 Å². The summed E-state index contributed by atoms with van der Waals surface area (Å²) < 4.78 is 5.75. The molecule has 0 saturated carbocycles. The first-order valence-corrected chi connectivity index (χ1v) is 8.48. The van der Waals surface area contributed by atoms with Crippen LogP contribution in [0.2, 0.25) is 5.02 Å². The Kier molecular flexibility index (Phi) is 6.27. The number of hydrogen-bond acceptors (Lipinski definition) is 3. The van der Waals surface area contributed by atoms with Crippen molar-refractivity contribution in [3.63, 3.8) is 0 Å². The van der Waals surface area contributed by atoms with Crippen molar-refractivity contribution in [3.05, 3.63) is 29.3 Å². The second-order valence-corrected chi connectivity index (χ2v) is 7.17. The number of halogens is 1. The summed E-state index contributed by atoms with van der Waals surface area (Å²) in [6.45, 7) is 6.43. The summed E-state index contributed by atoms with van der Waals surface area (Å²) in [5, 5.41) is 3.94. The Morgan fingerprint density at radius 2 is 2.00 bits per heavy atom. The lowest BCUT2D eigenvalue weighted by molar-refractivity contribution is -0.128. The third-order valence-electron chi connectivity index (χ3n) is 4.42. The number of carbonyl (C=O) groups excluding carboxylic acids is 1. The van der Waals surface area contributed by atoms with Crippen LogP contribution in [0.3, 0.4) is 0 Å². The van der Waals surface area contributed by atoms with E-state index in [1.54, 1.807) is 6.07 Å². The Morgan fingerprint density at radius 1 is 1.32 bits per heavy atom. The molecular formula is C18H26ClNO2. The van der Waals surface area contributed by atoms with E-state index in [1.165, 1.54) is 12.8 Å². The third-order valence-corrected chi connectivity index (χ3v) is 4.73. The van der Waals surface area contributed by atoms with Crippen molar-refractivity contribution in [2.24, 2.45) is 11.3 Å². The highest BCUT2D eigenvalue weighted by atomic mass is 35.5. The number of nitrogens with one attached hydrogen (secondary N) is 1. The van der Waals surface area contributed by atoms with Crippen molar-refractivity contribution in [2.45, 2.75) is 39.5 Å². The van der Waals surface area contributed by atoms with Gasteiger partial charge in [-0.2, -0.15) is 0 Å². The number of ketones is 1. The van der Waals surface area contributed by atoms with Gasteiger partial charge in [0.2, 0.25) is 0 Å². The summed E-state index contributed by atoms with van der Waals surface area (Å²) in [6.07, 6.45) is 4.01. The van der Waals surface area contributed by atoms with E-state index in [0.29, 0.717) is 29.7 Å². The summed E-state index contributed by atoms with van der Waals surface area (Å²) >= 11 is 6.08. The average Bonchev–Trinajstić information content (AvgIpc) is 2.53. The summed E-state index contributed by atoms with van der Waals surface area (Å²) in [5.74, 6) is 1.60. The molecule has 0 amide bonds. The van der Waals surface area contributed by atoms with E-state index in [9.17, 15) is 4.79 Å². The molecule has 1 N–H and O–H groups in total. The van der Waals surface area contributed by atoms with Gasteiger partial charge >= 0.3 is 0 Å². The number of rotatable bonds is 7. The minimum atomic E-state index is -0.480. The van der Waals surface area contributed by atoms with Crippen molar-refractivity contribution in [1.29, 1.82) is 0 Å². The molecule has 0 aromatic heterocycles. The zero-order chi connectivity index (χ0) is 16.0. The van der Waals surface area contributed by atoms with Crippen LogP contribution >= 0.6 is 11.6 Å². The predicted molar refractivity (Wildman–Crippen MR) is 90.6 cm³/mol. The number of piperidine rings is 1. The van der Waals surface area contributed by atoms with Gasteiger partial charge in [-0.3, -0.25) is 4.79 Å². The number of ether oxygens (including phenoxy) is 1. The van der Waals surface area contributed by atoms with E-state index >= 15 is 0 Å². The quantitative estimate of drug-likeness (QED) is 0.821. The molecule has 1 aliphatic heterocycles. The first-order chi connectivity index (χ1) is 10.5. The van der Waals surface area contributed by atoms with Gasteiger partial charge in [0, 0.05) is 6.42 Å². The van der Waals surface area contributed by atoms with Crippen LogP contribution in [0.4, 0.5) is 0 Å². The van der Waals surface area contributed by atoms with Gasteiger partial charge in [-0.05, 0) is 64.3 Å². The van der Waals surface area contributed by atoms with Crippen molar-refractivity contribution >= 4 is 17.4 Å². The lowest BCUT2D eigenvalue weighted by atomic mass is 9.83. The Labute approximate surface area is 138 Å². The van der Waals surface area contributed by atoms with Crippen molar-refractivity contribution in [2.75, 3.05) is 19.7 Å². The van der Waals surface area contributed by atoms with Gasteiger partial charge in [0.1, 0.15) is 18.1 Å². The smallest absolute Gasteiger partial charge is 0.141 e. The zero-order valence-corrected chi connectivity index (χ0v) is 14.3. The molecule has 22 heavy (non-hydrogen) atoms. The van der Waals surface area contributed by atoms with E-state index in [-0.39, 0.29) is 5.78 Å². The van der Waals surface area contributed by atoms with Gasteiger partial charge in [0.25, 0.3) is 0 Å². The van der Waals surface area contributed by atoms with E-state index in [4.69, 9.17) is 16.3 Å². The summed E-state index contributed by atoms with van der Waals surface area (Å²) in [7, 11) is 0. The number of para-hydroxylation sites is 1. The SMILES string of the molecule is CC(C)(COc1ccccc1Cl)C(=O)CCC1CCNCC1. The molecule has 4 heteroatoms. The van der Waals surface area contributed by atoms with Gasteiger partial charge in [-0.15, -0.1) is 0 Å². The highest BCUT2D eigenvalue weighted by Gasteiger charge is 2.29. The molecule has 0 radical (unpaired) electrons. The van der Waals surface area contributed by atoms with Crippen molar-refractivity contribution in [3.8, 4) is 5.75 Å². The first kappa shape index (κ1) is 17.3. The molecule has 3 nitrogen and oxygen atoms in total. The van der Waals surface area contributed by atoms with Crippen LogP contribution in [0.1, 0.15) is 39.5 Å². The molecule has 122 valence electrons. The second-order valence-electron chi connectivity index (χ2n) is 6.76. The molecule has 1 aromatic rings. The highest BCUT2D eigenvalue weighted by molar-refractivity contribution is 6.32. The van der Waals surface area contributed by atoms with Crippen LogP contribution < -0.4 is 10.1 Å². The van der Waals surface area contributed by atoms with E-state index in [2.05, 4.69) is 5.32 Å². The van der Waals surface area contributed by atoms with Crippen LogP contribution in [-0.4, -0.2) is 25.5 Å². The fraction of sp³-hybridized carbons (Fsp3) is 0.611. The average molecular weight is 324 g/mol. The monoisotopic (exact) mass is 323 g/mol. The molecule has 1 aliphatic rings. The third kappa shape index (κ3) is 4.99. The van der Waals surface area contributed by atoms with Crippen LogP contribution in [0, 0.1) is 11.3 Å². The van der Waals surface area contributed by atoms with E-state index in [1.807, 2.05) is 32.0 Å². The van der Waals surface area contributed by atoms with E-state index < -0.39 is 5.41 Å². The molecule has 1 saturated heterocycles. The minimum absolute atomic E-state index is 0.276. The lowest BCUT2D eigenvalue weighted by Crippen LogP contribution is -2.32. The van der Waals surface area contributed by atoms with Crippen molar-refractivity contribution < 1.29 is 9.53 Å². The fourth-order valence-electron chi connectivity index (χ4n) is 2.74. The maximum absolute atomic E-state index is 12.5. The molecule has 0 spiro atoms. The van der Waals surface area contributed by atoms with Gasteiger partial charge in [0.05, 0.1) is 10.4 Å². The summed E-state index contributed by atoms with van der Waals surface area (Å²) in [5.41, 5.74) is -0.480. The van der Waals surface area contributed by atoms with Gasteiger partial charge in [0.15, 0.2) is 0 Å². The molecule has 1 fully saturated rings. The molecule has 0 bridgehead atoms. The second kappa shape index (κ2) is 7.98. The zero-order valence-electron chi connectivity index (χ0n) is 13.5. The van der Waals surface area contributed by atoms with Crippen LogP contribution in [0.5, 0.6) is 5.75 Å². The fourth-order valence-corrected chi connectivity index (χ4v) is 2.93. The molecule has 0 aliphatic carbocycles. The predicted octanol–water partition coefficient (Wildman–Crippen LogP) is 4.09. The van der Waals surface area contributed by atoms with E-state index in [0.717, 1.165) is 19.5 Å². The number of carbonyl (C=O) groups is 1. The van der Waals surface area contributed by atoms with Gasteiger partial charge in [-0.25, -0.2) is 0 Å². The number of hydrogen-bond donors (Lipinski definition) is 1. The first-order valence-electron chi connectivity index (χ1n) is 8.10. The standard InChI is InChI=1S/C18H26ClNO2/c1-18(2,13-22-16-6-4-3-5-15(16)19)17(21)8-7-14-9-11-20-12-10-14/h3-6,14,20H,7-13H2,1-2H3. The maximum atomic E-state index is 12.5. The Hall–Kier alpha value is -1.06. The summed E-state index contributed by atoms with van der Waals surface area (Å²) in [6, 6.07) is 7.37. The summed E-state index contributed by atoms with van der Waals surface area (Å²) in [4.78, 5) is 12.5. The molecule has 1 heterocycles. The van der Waals surface area contributed by atoms with Crippen LogP contribution in [-0.2, 0) is 4.79 Å². The maximum Gasteiger partial charge on any atom is 0.141 e. The number of Topliss-reactive ketones (excluding diaryl/α,β-unsaturated/α-hetero) is 1. The highest BCUT2D eigenvalue weighted by Crippen LogP contribution is 2.28. The van der Waals surface area contributed by atoms with Gasteiger partial charge in [-0.1, -0.05) is 23.7 Å². The Balaban J connectivity index is 1.80. The molecule has 0 atom stereocenters. The van der Waals surface area contributed by atoms with Crippen molar-refractivity contribution in [1.82, 2.24) is 5.32 Å². The topological polar surface area (TPSA) is 38.3 Å². The Bertz CT molecular complexity index is 496. The van der Waals surface area contributed by atoms with Crippen LogP contribution in [0.25, 0.3) is 0 Å². The minimum Gasteiger partial charge on any atom is -0.491 e. The molecular weight excluding hydrogens is 298 g/mol. The molecule has 0 unspecified atom stereocenters. The lowest BCUT2D eigenvalue weighted by Gasteiger charge is -2.26. The Morgan fingerprint density at radius 3 is 2.68 bits per heavy atom. The molecule has 2 rings (SSSR count). The molecule has 1 aromatic carbocycles. The number of benzene rings is 1. The van der Waals surface area contributed by atoms with Gasteiger partial charge < -0.3 is 10.1 Å².